The Labute approximate surface area is 64.4 Å². The quantitative estimate of drug-likeness (QED) is 0.668. The van der Waals surface area contributed by atoms with Gasteiger partial charge in [-0.15, -0.1) is 0 Å². The highest BCUT2D eigenvalue weighted by Gasteiger charge is 1.97. The van der Waals surface area contributed by atoms with Crippen molar-refractivity contribution in [3.05, 3.63) is 11.9 Å². The summed E-state index contributed by atoms with van der Waals surface area (Å²) in [5, 5.41) is 0. The second-order valence-electron chi connectivity index (χ2n) is 2.26. The zero-order chi connectivity index (χ0) is 7.40. The highest BCUT2D eigenvalue weighted by molar-refractivity contribution is 6.99. The molecule has 0 aliphatic heterocycles. The number of aromatic nitrogens is 2. The SMILES string of the molecule is CC(C)OCc1cnsn1. The molecule has 0 fully saturated rings. The molecule has 0 radical (unpaired) electrons. The number of hydrogen-bond donors (Lipinski definition) is 0. The van der Waals surface area contributed by atoms with E-state index in [-0.39, 0.29) is 6.10 Å². The molecule has 0 saturated carbocycles. The Morgan fingerprint density at radius 3 is 3.00 bits per heavy atom. The van der Waals surface area contributed by atoms with E-state index in [4.69, 9.17) is 4.74 Å². The summed E-state index contributed by atoms with van der Waals surface area (Å²) in [5.74, 6) is 0. The molecule has 0 saturated heterocycles. The summed E-state index contributed by atoms with van der Waals surface area (Å²) in [4.78, 5) is 0. The Bertz CT molecular complexity index is 174. The normalized spacial score (nSPS) is 10.7. The zero-order valence-electron chi connectivity index (χ0n) is 6.07. The summed E-state index contributed by atoms with van der Waals surface area (Å²) in [5.41, 5.74) is 0.915. The van der Waals surface area contributed by atoms with Gasteiger partial charge in [-0.2, -0.15) is 8.75 Å². The van der Waals surface area contributed by atoms with E-state index < -0.39 is 0 Å². The first-order valence-corrected chi connectivity index (χ1v) is 3.90. The first-order valence-electron chi connectivity index (χ1n) is 3.17. The summed E-state index contributed by atoms with van der Waals surface area (Å²) >= 11 is 1.21. The van der Waals surface area contributed by atoms with Gasteiger partial charge in [-0.3, -0.25) is 0 Å². The van der Waals surface area contributed by atoms with Crippen LogP contribution in [0.2, 0.25) is 0 Å². The molecule has 3 nitrogen and oxygen atoms in total. The first-order chi connectivity index (χ1) is 4.79. The van der Waals surface area contributed by atoms with Crippen molar-refractivity contribution in [3.8, 4) is 0 Å². The molecule has 0 aromatic carbocycles. The van der Waals surface area contributed by atoms with Gasteiger partial charge in [0.2, 0.25) is 0 Å². The van der Waals surface area contributed by atoms with Gasteiger partial charge >= 0.3 is 0 Å². The van der Waals surface area contributed by atoms with E-state index in [1.165, 1.54) is 11.7 Å². The lowest BCUT2D eigenvalue weighted by molar-refractivity contribution is 0.0640. The van der Waals surface area contributed by atoms with Crippen molar-refractivity contribution in [2.75, 3.05) is 0 Å². The van der Waals surface area contributed by atoms with Gasteiger partial charge < -0.3 is 4.74 Å². The molecule has 0 N–H and O–H groups in total. The monoisotopic (exact) mass is 158 g/mol. The van der Waals surface area contributed by atoms with Gasteiger partial charge in [0.05, 0.1) is 36.3 Å². The standard InChI is InChI=1S/C6H10N2OS/c1-5(2)9-4-6-3-7-10-8-6/h3,5H,4H2,1-2H3. The average Bonchev–Trinajstić information content (AvgIpc) is 2.34. The van der Waals surface area contributed by atoms with Crippen LogP contribution in [-0.2, 0) is 11.3 Å². The van der Waals surface area contributed by atoms with Crippen LogP contribution >= 0.6 is 11.7 Å². The summed E-state index contributed by atoms with van der Waals surface area (Å²) in [6.45, 7) is 4.58. The van der Waals surface area contributed by atoms with E-state index in [9.17, 15) is 0 Å². The van der Waals surface area contributed by atoms with Crippen molar-refractivity contribution >= 4 is 11.7 Å². The Morgan fingerprint density at radius 1 is 1.70 bits per heavy atom. The van der Waals surface area contributed by atoms with Crippen LogP contribution in [0, 0.1) is 0 Å². The second-order valence-corrected chi connectivity index (χ2v) is 2.82. The zero-order valence-corrected chi connectivity index (χ0v) is 6.89. The molecule has 1 rings (SSSR count). The molecule has 0 amide bonds. The highest BCUT2D eigenvalue weighted by atomic mass is 32.1. The molecule has 1 aromatic rings. The molecular weight excluding hydrogens is 148 g/mol. The molecule has 1 heterocycles. The molecule has 0 spiro atoms. The lowest BCUT2D eigenvalue weighted by Gasteiger charge is -2.03. The lowest BCUT2D eigenvalue weighted by atomic mass is 10.4. The summed E-state index contributed by atoms with van der Waals surface area (Å²) in [7, 11) is 0. The first kappa shape index (κ1) is 7.63. The third kappa shape index (κ3) is 2.41. The van der Waals surface area contributed by atoms with Crippen LogP contribution in [0.15, 0.2) is 6.20 Å². The fraction of sp³-hybridized carbons (Fsp3) is 0.667. The molecule has 4 heteroatoms. The van der Waals surface area contributed by atoms with Gasteiger partial charge in [-0.05, 0) is 13.8 Å². The maximum absolute atomic E-state index is 5.29. The van der Waals surface area contributed by atoms with Gasteiger partial charge in [0.1, 0.15) is 0 Å². The molecule has 0 bridgehead atoms. The van der Waals surface area contributed by atoms with Crippen molar-refractivity contribution in [1.29, 1.82) is 0 Å². The molecule has 1 aromatic heterocycles. The molecule has 0 atom stereocenters. The minimum Gasteiger partial charge on any atom is -0.372 e. The topological polar surface area (TPSA) is 35.0 Å². The summed E-state index contributed by atoms with van der Waals surface area (Å²) < 4.78 is 13.1. The number of ether oxygens (including phenoxy) is 1. The van der Waals surface area contributed by atoms with Gasteiger partial charge in [-0.1, -0.05) is 0 Å². The van der Waals surface area contributed by atoms with Crippen LogP contribution in [0.4, 0.5) is 0 Å². The van der Waals surface area contributed by atoms with E-state index >= 15 is 0 Å². The van der Waals surface area contributed by atoms with E-state index in [2.05, 4.69) is 8.75 Å². The van der Waals surface area contributed by atoms with Crippen LogP contribution in [0.5, 0.6) is 0 Å². The maximum Gasteiger partial charge on any atom is 0.1000 e. The lowest BCUT2D eigenvalue weighted by Crippen LogP contribution is -2.01. The van der Waals surface area contributed by atoms with Crippen molar-refractivity contribution < 1.29 is 4.74 Å². The predicted octanol–water partition coefficient (Wildman–Crippen LogP) is 1.46. The summed E-state index contributed by atoms with van der Waals surface area (Å²) in [6.07, 6.45) is 1.99. The third-order valence-electron chi connectivity index (χ3n) is 0.971. The molecule has 56 valence electrons. The molecule has 0 aliphatic rings. The number of nitrogens with zero attached hydrogens (tertiary/aromatic N) is 2. The maximum atomic E-state index is 5.29. The van der Waals surface area contributed by atoms with Gasteiger partial charge in [0.15, 0.2) is 0 Å². The Kier molecular flexibility index (Phi) is 2.77. The predicted molar refractivity (Wildman–Crippen MR) is 39.8 cm³/mol. The Hall–Kier alpha value is -0.480. The van der Waals surface area contributed by atoms with E-state index in [1.54, 1.807) is 6.20 Å². The Balaban J connectivity index is 2.28. The molecular formula is C6H10N2OS. The number of hydrogen-bond acceptors (Lipinski definition) is 4. The van der Waals surface area contributed by atoms with Gasteiger partial charge in [0, 0.05) is 0 Å². The van der Waals surface area contributed by atoms with Crippen LogP contribution in [0.25, 0.3) is 0 Å². The molecule has 10 heavy (non-hydrogen) atoms. The molecule has 0 aliphatic carbocycles. The second kappa shape index (κ2) is 3.63. The van der Waals surface area contributed by atoms with Crippen LogP contribution in [0.3, 0.4) is 0 Å². The van der Waals surface area contributed by atoms with Crippen molar-refractivity contribution in [2.24, 2.45) is 0 Å². The highest BCUT2D eigenvalue weighted by Crippen LogP contribution is 1.99. The molecule has 0 unspecified atom stereocenters. The third-order valence-corrected chi connectivity index (χ3v) is 1.49. The Morgan fingerprint density at radius 2 is 2.50 bits per heavy atom. The van der Waals surface area contributed by atoms with Crippen molar-refractivity contribution in [2.45, 2.75) is 26.6 Å². The van der Waals surface area contributed by atoms with E-state index in [0.717, 1.165) is 5.69 Å². The van der Waals surface area contributed by atoms with Crippen LogP contribution in [0.1, 0.15) is 19.5 Å². The van der Waals surface area contributed by atoms with Crippen molar-refractivity contribution in [1.82, 2.24) is 8.75 Å². The smallest absolute Gasteiger partial charge is 0.1000 e. The number of rotatable bonds is 3. The fourth-order valence-electron chi connectivity index (χ4n) is 0.500. The van der Waals surface area contributed by atoms with Gasteiger partial charge in [0.25, 0.3) is 0 Å². The van der Waals surface area contributed by atoms with Crippen LogP contribution in [-0.4, -0.2) is 14.9 Å². The van der Waals surface area contributed by atoms with Crippen molar-refractivity contribution in [3.63, 3.8) is 0 Å². The van der Waals surface area contributed by atoms with Crippen LogP contribution < -0.4 is 0 Å². The average molecular weight is 158 g/mol. The van der Waals surface area contributed by atoms with E-state index in [1.807, 2.05) is 13.8 Å². The fourth-order valence-corrected chi connectivity index (χ4v) is 0.920. The van der Waals surface area contributed by atoms with Gasteiger partial charge in [-0.25, -0.2) is 0 Å². The minimum absolute atomic E-state index is 0.265. The summed E-state index contributed by atoms with van der Waals surface area (Å²) in [6, 6.07) is 0. The van der Waals surface area contributed by atoms with E-state index in [0.29, 0.717) is 6.61 Å². The minimum atomic E-state index is 0.265. The largest absolute Gasteiger partial charge is 0.372 e.